The molecule has 3 heteroatoms. The van der Waals surface area contributed by atoms with E-state index < -0.39 is 11.6 Å². The molecule has 0 aromatic heterocycles. The van der Waals surface area contributed by atoms with Crippen molar-refractivity contribution >= 4 is 0 Å². The zero-order chi connectivity index (χ0) is 15.7. The number of ether oxygens (including phenoxy) is 1. The predicted octanol–water partition coefficient (Wildman–Crippen LogP) is 5.83. The molecule has 1 saturated carbocycles. The van der Waals surface area contributed by atoms with Crippen molar-refractivity contribution in [1.29, 1.82) is 0 Å². The molecule has 1 aliphatic carbocycles. The number of aryl methyl sites for hydroxylation is 1. The Balaban J connectivity index is 1.70. The van der Waals surface area contributed by atoms with Crippen LogP contribution in [0, 0.1) is 30.4 Å². The molecular formula is C19H24F2O. The van der Waals surface area contributed by atoms with E-state index in [9.17, 15) is 8.78 Å². The quantitative estimate of drug-likeness (QED) is 0.667. The highest BCUT2D eigenvalue weighted by atomic mass is 19.2. The molecule has 0 amide bonds. The first-order valence-corrected chi connectivity index (χ1v) is 8.35. The van der Waals surface area contributed by atoms with Crippen LogP contribution < -0.4 is 0 Å². The maximum Gasteiger partial charge on any atom is 0.165 e. The molecule has 0 radical (unpaired) electrons. The van der Waals surface area contributed by atoms with Crippen molar-refractivity contribution in [2.24, 2.45) is 11.8 Å². The summed E-state index contributed by atoms with van der Waals surface area (Å²) in [6.07, 6.45) is 8.15. The Labute approximate surface area is 131 Å². The van der Waals surface area contributed by atoms with Crippen LogP contribution in [0.1, 0.15) is 62.7 Å². The van der Waals surface area contributed by atoms with Gasteiger partial charge in [0, 0.05) is 5.56 Å². The van der Waals surface area contributed by atoms with E-state index in [-0.39, 0.29) is 6.10 Å². The van der Waals surface area contributed by atoms with Crippen molar-refractivity contribution in [2.45, 2.75) is 58.5 Å². The number of halogens is 2. The number of rotatable bonds is 2. The van der Waals surface area contributed by atoms with Gasteiger partial charge in [-0.25, -0.2) is 8.78 Å². The van der Waals surface area contributed by atoms with Crippen molar-refractivity contribution in [3.8, 4) is 0 Å². The summed E-state index contributed by atoms with van der Waals surface area (Å²) in [7, 11) is 0. The van der Waals surface area contributed by atoms with Crippen molar-refractivity contribution < 1.29 is 13.5 Å². The predicted molar refractivity (Wildman–Crippen MR) is 83.4 cm³/mol. The third kappa shape index (κ3) is 3.04. The fraction of sp³-hybridized carbons (Fsp3) is 0.579. The molecule has 1 heterocycles. The summed E-state index contributed by atoms with van der Waals surface area (Å²) >= 11 is 0. The number of hydrogen-bond acceptors (Lipinski definition) is 1. The minimum atomic E-state index is -0.756. The van der Waals surface area contributed by atoms with Crippen LogP contribution in [0.15, 0.2) is 24.0 Å². The molecule has 2 aliphatic rings. The monoisotopic (exact) mass is 306 g/mol. The van der Waals surface area contributed by atoms with Crippen molar-refractivity contribution in [3.63, 3.8) is 0 Å². The zero-order valence-electron chi connectivity index (χ0n) is 13.4. The van der Waals surface area contributed by atoms with E-state index in [1.54, 1.807) is 19.1 Å². The Hall–Kier alpha value is -1.38. The van der Waals surface area contributed by atoms with Crippen LogP contribution in [0.3, 0.4) is 0 Å². The van der Waals surface area contributed by atoms with E-state index in [2.05, 4.69) is 6.92 Å². The Morgan fingerprint density at radius 1 is 1.00 bits per heavy atom. The fourth-order valence-electron chi connectivity index (χ4n) is 3.66. The third-order valence-electron chi connectivity index (χ3n) is 5.27. The van der Waals surface area contributed by atoms with Gasteiger partial charge in [0.25, 0.3) is 0 Å². The van der Waals surface area contributed by atoms with Gasteiger partial charge in [-0.15, -0.1) is 0 Å². The summed E-state index contributed by atoms with van der Waals surface area (Å²) in [5.41, 5.74) is 2.04. The van der Waals surface area contributed by atoms with Crippen LogP contribution >= 0.6 is 0 Å². The lowest BCUT2D eigenvalue weighted by Gasteiger charge is -2.32. The second kappa shape index (κ2) is 6.39. The highest BCUT2D eigenvalue weighted by Crippen LogP contribution is 2.40. The molecule has 1 fully saturated rings. The molecule has 0 spiro atoms. The lowest BCUT2D eigenvalue weighted by atomic mass is 9.77. The van der Waals surface area contributed by atoms with Crippen LogP contribution in [0.2, 0.25) is 0 Å². The molecule has 1 atom stereocenters. The van der Waals surface area contributed by atoms with E-state index in [1.807, 2.05) is 6.26 Å². The van der Waals surface area contributed by atoms with Crippen LogP contribution in [0.25, 0.3) is 0 Å². The third-order valence-corrected chi connectivity index (χ3v) is 5.27. The summed E-state index contributed by atoms with van der Waals surface area (Å²) in [5.74, 6) is -0.0547. The summed E-state index contributed by atoms with van der Waals surface area (Å²) in [4.78, 5) is 0. The molecule has 0 bridgehead atoms. The van der Waals surface area contributed by atoms with Gasteiger partial charge < -0.3 is 4.74 Å². The largest absolute Gasteiger partial charge is 0.493 e. The minimum absolute atomic E-state index is 0.338. The standard InChI is InChI=1S/C19H24F2O/c1-12-3-6-14(7-4-12)15-8-10-17(22-11-15)16-9-5-13(2)18(20)19(16)21/h5,9,11-12,14,17H,3-4,6-8,10H2,1-2H3. The van der Waals surface area contributed by atoms with Gasteiger partial charge >= 0.3 is 0 Å². The van der Waals surface area contributed by atoms with Crippen LogP contribution in [-0.4, -0.2) is 0 Å². The maximum absolute atomic E-state index is 14.1. The van der Waals surface area contributed by atoms with Crippen molar-refractivity contribution in [2.75, 3.05) is 0 Å². The average molecular weight is 306 g/mol. The van der Waals surface area contributed by atoms with E-state index in [1.165, 1.54) is 31.3 Å². The second-order valence-corrected chi connectivity index (χ2v) is 6.91. The number of benzene rings is 1. The van der Waals surface area contributed by atoms with Gasteiger partial charge in [-0.05, 0) is 55.6 Å². The molecule has 1 unspecified atom stereocenters. The smallest absolute Gasteiger partial charge is 0.165 e. The zero-order valence-corrected chi connectivity index (χ0v) is 13.4. The lowest BCUT2D eigenvalue weighted by Crippen LogP contribution is -2.18. The van der Waals surface area contributed by atoms with Gasteiger partial charge in [0.05, 0.1) is 6.26 Å². The lowest BCUT2D eigenvalue weighted by molar-refractivity contribution is 0.109. The molecule has 22 heavy (non-hydrogen) atoms. The summed E-state index contributed by atoms with van der Waals surface area (Å²) in [5, 5.41) is 0. The van der Waals surface area contributed by atoms with Crippen molar-refractivity contribution in [3.05, 3.63) is 46.7 Å². The summed E-state index contributed by atoms with van der Waals surface area (Å²) in [6.45, 7) is 3.89. The molecule has 1 aliphatic heterocycles. The first-order valence-electron chi connectivity index (χ1n) is 8.35. The van der Waals surface area contributed by atoms with Crippen LogP contribution in [0.5, 0.6) is 0 Å². The maximum atomic E-state index is 14.1. The highest BCUT2D eigenvalue weighted by Gasteiger charge is 2.27. The Bertz CT molecular complexity index is 571. The molecule has 3 rings (SSSR count). The molecule has 1 aromatic carbocycles. The Morgan fingerprint density at radius 2 is 1.73 bits per heavy atom. The SMILES string of the molecule is Cc1ccc(C2CCC(C3CCC(C)CC3)=CO2)c(F)c1F. The van der Waals surface area contributed by atoms with Gasteiger partial charge in [-0.3, -0.25) is 0 Å². The first kappa shape index (κ1) is 15.5. The Morgan fingerprint density at radius 3 is 2.36 bits per heavy atom. The number of hydrogen-bond donors (Lipinski definition) is 0. The highest BCUT2D eigenvalue weighted by molar-refractivity contribution is 5.28. The van der Waals surface area contributed by atoms with E-state index >= 15 is 0 Å². The molecule has 1 aromatic rings. The summed E-state index contributed by atoms with van der Waals surface area (Å²) < 4.78 is 33.5. The molecule has 0 saturated heterocycles. The van der Waals surface area contributed by atoms with E-state index in [4.69, 9.17) is 4.74 Å². The Kier molecular flexibility index (Phi) is 4.51. The number of allylic oxidation sites excluding steroid dienone is 1. The topological polar surface area (TPSA) is 9.23 Å². The molecule has 120 valence electrons. The van der Waals surface area contributed by atoms with E-state index in [0.29, 0.717) is 17.0 Å². The van der Waals surface area contributed by atoms with E-state index in [0.717, 1.165) is 18.8 Å². The fourth-order valence-corrected chi connectivity index (χ4v) is 3.66. The van der Waals surface area contributed by atoms with Gasteiger partial charge in [0.1, 0.15) is 6.10 Å². The van der Waals surface area contributed by atoms with Crippen LogP contribution in [0.4, 0.5) is 8.78 Å². The first-order chi connectivity index (χ1) is 10.6. The molecule has 1 nitrogen and oxygen atoms in total. The van der Waals surface area contributed by atoms with Crippen molar-refractivity contribution in [1.82, 2.24) is 0 Å². The minimum Gasteiger partial charge on any atom is -0.493 e. The van der Waals surface area contributed by atoms with Crippen LogP contribution in [-0.2, 0) is 4.74 Å². The van der Waals surface area contributed by atoms with Gasteiger partial charge in [0.2, 0.25) is 0 Å². The normalized spacial score (nSPS) is 28.9. The summed E-state index contributed by atoms with van der Waals surface area (Å²) in [6, 6.07) is 3.28. The van der Waals surface area contributed by atoms with Gasteiger partial charge in [-0.1, -0.05) is 31.9 Å². The van der Waals surface area contributed by atoms with Gasteiger partial charge in [0.15, 0.2) is 11.6 Å². The molecule has 0 N–H and O–H groups in total. The molecular weight excluding hydrogens is 282 g/mol. The van der Waals surface area contributed by atoms with Gasteiger partial charge in [-0.2, -0.15) is 0 Å². The second-order valence-electron chi connectivity index (χ2n) is 6.91. The average Bonchev–Trinajstić information content (AvgIpc) is 2.54.